The molecule has 0 bridgehead atoms. The molecule has 0 saturated carbocycles. The van der Waals surface area contributed by atoms with Gasteiger partial charge in [0.05, 0.1) is 19.2 Å². The van der Waals surface area contributed by atoms with E-state index >= 15 is 0 Å². The number of ether oxygens (including phenoxy) is 1. The quantitative estimate of drug-likeness (QED) is 0.361. The van der Waals surface area contributed by atoms with Crippen LogP contribution < -0.4 is 21.1 Å². The third kappa shape index (κ3) is 3.60. The zero-order valence-corrected chi connectivity index (χ0v) is 17.3. The van der Waals surface area contributed by atoms with E-state index in [2.05, 4.69) is 27.5 Å². The average molecular weight is 433 g/mol. The summed E-state index contributed by atoms with van der Waals surface area (Å²) in [7, 11) is 1.51. The van der Waals surface area contributed by atoms with Crippen LogP contribution >= 0.6 is 0 Å². The van der Waals surface area contributed by atoms with Crippen molar-refractivity contribution in [1.29, 1.82) is 0 Å². The van der Waals surface area contributed by atoms with Gasteiger partial charge in [-0.3, -0.25) is 19.7 Å². The van der Waals surface area contributed by atoms with Gasteiger partial charge in [0, 0.05) is 23.9 Å². The van der Waals surface area contributed by atoms with Crippen LogP contribution in [0.1, 0.15) is 38.8 Å². The van der Waals surface area contributed by atoms with Gasteiger partial charge in [-0.2, -0.15) is 0 Å². The molecule has 1 saturated heterocycles. The lowest BCUT2D eigenvalue weighted by Crippen LogP contribution is -2.54. The van der Waals surface area contributed by atoms with Crippen molar-refractivity contribution in [2.24, 2.45) is 0 Å². The lowest BCUT2D eigenvalue weighted by atomic mass is 9.99. The molecular formula is C22H19N5O5. The number of methoxy groups -OCH3 is 1. The molecule has 1 aromatic heterocycles. The van der Waals surface area contributed by atoms with Gasteiger partial charge >= 0.3 is 6.03 Å². The standard InChI is InChI=1S/C22H19N5O5/c1-12(28)16-7-13(9-24-18(16)23)5-6-22(20(30)25-21(31)26-22)11-27-10-14-3-4-15(32-2)8-17(14)19(27)29/h3-4,7-9H,10-11H2,1-2H3,(H2,23,24)(H2,25,26,30,31). The van der Waals surface area contributed by atoms with Crippen LogP contribution in [0.3, 0.4) is 0 Å². The van der Waals surface area contributed by atoms with E-state index in [0.717, 1.165) is 5.56 Å². The van der Waals surface area contributed by atoms with Gasteiger partial charge in [0.15, 0.2) is 5.78 Å². The fourth-order valence-corrected chi connectivity index (χ4v) is 3.62. The van der Waals surface area contributed by atoms with E-state index in [9.17, 15) is 19.2 Å². The molecule has 2 aliphatic rings. The van der Waals surface area contributed by atoms with Gasteiger partial charge in [-0.1, -0.05) is 17.9 Å². The number of rotatable bonds is 4. The maximum absolute atomic E-state index is 12.9. The van der Waals surface area contributed by atoms with Gasteiger partial charge in [-0.15, -0.1) is 0 Å². The second-order valence-corrected chi connectivity index (χ2v) is 7.46. The summed E-state index contributed by atoms with van der Waals surface area (Å²) >= 11 is 0. The van der Waals surface area contributed by atoms with Crippen molar-refractivity contribution < 1.29 is 23.9 Å². The van der Waals surface area contributed by atoms with Crippen molar-refractivity contribution in [1.82, 2.24) is 20.5 Å². The summed E-state index contributed by atoms with van der Waals surface area (Å²) in [6.07, 6.45) is 1.36. The molecule has 10 nitrogen and oxygen atoms in total. The number of benzene rings is 1. The van der Waals surface area contributed by atoms with Crippen LogP contribution in [-0.4, -0.2) is 52.7 Å². The Hall–Kier alpha value is -4.39. The molecule has 1 aromatic carbocycles. The Bertz CT molecular complexity index is 1250. The van der Waals surface area contributed by atoms with Gasteiger partial charge in [-0.25, -0.2) is 9.78 Å². The number of ketones is 1. The van der Waals surface area contributed by atoms with Crippen molar-refractivity contribution in [2.45, 2.75) is 19.0 Å². The summed E-state index contributed by atoms with van der Waals surface area (Å²) in [4.78, 5) is 54.6. The monoisotopic (exact) mass is 433 g/mol. The second kappa shape index (κ2) is 7.70. The molecule has 1 fully saturated rings. The minimum Gasteiger partial charge on any atom is -0.497 e. The molecule has 2 aromatic rings. The molecule has 4 N–H and O–H groups in total. The number of hydrogen-bond donors (Lipinski definition) is 3. The number of carbonyl (C=O) groups excluding carboxylic acids is 4. The predicted molar refractivity (Wildman–Crippen MR) is 113 cm³/mol. The van der Waals surface area contributed by atoms with E-state index in [-0.39, 0.29) is 36.2 Å². The van der Waals surface area contributed by atoms with Gasteiger partial charge in [-0.05, 0) is 30.7 Å². The van der Waals surface area contributed by atoms with Crippen LogP contribution in [0.5, 0.6) is 5.75 Å². The van der Waals surface area contributed by atoms with Crippen molar-refractivity contribution in [3.8, 4) is 17.6 Å². The number of nitrogens with one attached hydrogen (secondary N) is 2. The number of urea groups is 1. The van der Waals surface area contributed by atoms with Crippen LogP contribution in [0.25, 0.3) is 0 Å². The second-order valence-electron chi connectivity index (χ2n) is 7.46. The highest BCUT2D eigenvalue weighted by atomic mass is 16.5. The maximum Gasteiger partial charge on any atom is 0.323 e. The van der Waals surface area contributed by atoms with Crippen molar-refractivity contribution in [3.05, 3.63) is 52.7 Å². The number of imide groups is 1. The number of carbonyl (C=O) groups is 4. The molecule has 32 heavy (non-hydrogen) atoms. The molecule has 10 heteroatoms. The van der Waals surface area contributed by atoms with E-state index in [4.69, 9.17) is 10.5 Å². The van der Waals surface area contributed by atoms with Gasteiger partial charge in [0.25, 0.3) is 11.8 Å². The fraction of sp³-hybridized carbons (Fsp3) is 0.227. The largest absolute Gasteiger partial charge is 0.497 e. The molecule has 162 valence electrons. The summed E-state index contributed by atoms with van der Waals surface area (Å²) in [5, 5.41) is 4.70. The first-order valence-corrected chi connectivity index (χ1v) is 9.62. The Morgan fingerprint density at radius 3 is 2.75 bits per heavy atom. The first kappa shape index (κ1) is 20.9. The average Bonchev–Trinajstić information content (AvgIpc) is 3.22. The van der Waals surface area contributed by atoms with Crippen molar-refractivity contribution >= 4 is 29.4 Å². The highest BCUT2D eigenvalue weighted by molar-refractivity contribution is 6.10. The van der Waals surface area contributed by atoms with Gasteiger partial charge < -0.3 is 20.7 Å². The molecule has 3 heterocycles. The van der Waals surface area contributed by atoms with E-state index in [1.54, 1.807) is 18.2 Å². The van der Waals surface area contributed by atoms with Crippen LogP contribution in [-0.2, 0) is 11.3 Å². The predicted octanol–water partition coefficient (Wildman–Crippen LogP) is 0.461. The molecule has 0 aliphatic carbocycles. The normalized spacial score (nSPS) is 19.1. The number of anilines is 1. The highest BCUT2D eigenvalue weighted by Gasteiger charge is 2.48. The lowest BCUT2D eigenvalue weighted by Gasteiger charge is -2.26. The zero-order chi connectivity index (χ0) is 23.0. The number of pyridine rings is 1. The Morgan fingerprint density at radius 1 is 1.31 bits per heavy atom. The summed E-state index contributed by atoms with van der Waals surface area (Å²) in [5.41, 5.74) is 5.81. The third-order valence-electron chi connectivity index (χ3n) is 5.28. The SMILES string of the molecule is COc1ccc2c(c1)C(=O)N(CC1(C#Cc3cnc(N)c(C(C)=O)c3)NC(=O)NC1=O)C2. The number of fused-ring (bicyclic) bond motifs is 1. The zero-order valence-electron chi connectivity index (χ0n) is 17.3. The third-order valence-corrected chi connectivity index (χ3v) is 5.28. The Kier molecular flexibility index (Phi) is 5.02. The van der Waals surface area contributed by atoms with Crippen LogP contribution in [0.2, 0.25) is 0 Å². The molecular weight excluding hydrogens is 414 g/mol. The van der Waals surface area contributed by atoms with Gasteiger partial charge in [0.1, 0.15) is 11.6 Å². The van der Waals surface area contributed by atoms with Crippen LogP contribution in [0.15, 0.2) is 30.5 Å². The summed E-state index contributed by atoms with van der Waals surface area (Å²) in [6, 6.07) is 5.90. The topological polar surface area (TPSA) is 144 Å². The molecule has 1 unspecified atom stereocenters. The molecule has 0 spiro atoms. The van der Waals surface area contributed by atoms with Crippen molar-refractivity contribution in [3.63, 3.8) is 0 Å². The number of amides is 4. The molecule has 1 atom stereocenters. The minimum absolute atomic E-state index is 0.0699. The number of aromatic nitrogens is 1. The Labute approximate surface area is 183 Å². The number of hydrogen-bond acceptors (Lipinski definition) is 7. The maximum atomic E-state index is 12.9. The number of Topliss-reactive ketones (excluding diaryl/α,β-unsaturated/α-hetero) is 1. The molecule has 2 aliphatic heterocycles. The molecule has 4 rings (SSSR count). The number of nitrogen functional groups attached to an aromatic ring is 1. The van der Waals surface area contributed by atoms with E-state index in [1.165, 1.54) is 31.2 Å². The number of nitrogens with two attached hydrogens (primary N) is 1. The minimum atomic E-state index is -1.67. The van der Waals surface area contributed by atoms with E-state index in [1.807, 2.05) is 0 Å². The summed E-state index contributed by atoms with van der Waals surface area (Å²) in [6.45, 7) is 1.43. The van der Waals surface area contributed by atoms with E-state index in [0.29, 0.717) is 16.9 Å². The molecule has 4 amide bonds. The Morgan fingerprint density at radius 2 is 2.09 bits per heavy atom. The molecule has 0 radical (unpaired) electrons. The van der Waals surface area contributed by atoms with Gasteiger partial charge in [0.2, 0.25) is 5.54 Å². The summed E-state index contributed by atoms with van der Waals surface area (Å²) in [5.74, 6) is 4.89. The van der Waals surface area contributed by atoms with E-state index < -0.39 is 17.5 Å². The fourth-order valence-electron chi connectivity index (χ4n) is 3.62. The highest BCUT2D eigenvalue weighted by Crippen LogP contribution is 2.28. The first-order chi connectivity index (χ1) is 15.2. The Balaban J connectivity index is 1.67. The van der Waals surface area contributed by atoms with Crippen LogP contribution in [0.4, 0.5) is 10.6 Å². The first-order valence-electron chi connectivity index (χ1n) is 9.62. The lowest BCUT2D eigenvalue weighted by molar-refractivity contribution is -0.122. The smallest absolute Gasteiger partial charge is 0.323 e. The van der Waals surface area contributed by atoms with Crippen LogP contribution in [0, 0.1) is 11.8 Å². The van der Waals surface area contributed by atoms with Crippen molar-refractivity contribution in [2.75, 3.05) is 19.4 Å². The summed E-state index contributed by atoms with van der Waals surface area (Å²) < 4.78 is 5.18. The number of nitrogens with zero attached hydrogens (tertiary/aromatic N) is 2.